The van der Waals surface area contributed by atoms with E-state index in [1.807, 2.05) is 18.2 Å². The normalized spacial score (nSPS) is 13.9. The average molecular weight is 215 g/mol. The van der Waals surface area contributed by atoms with E-state index >= 15 is 0 Å². The number of amides is 1. The van der Waals surface area contributed by atoms with Gasteiger partial charge in [0.1, 0.15) is 0 Å². The Morgan fingerprint density at radius 3 is 2.56 bits per heavy atom. The van der Waals surface area contributed by atoms with E-state index in [1.54, 1.807) is 6.07 Å². The first-order valence-electron chi connectivity index (χ1n) is 5.37. The van der Waals surface area contributed by atoms with Crippen molar-refractivity contribution in [3.8, 4) is 0 Å². The summed E-state index contributed by atoms with van der Waals surface area (Å²) in [4.78, 5) is 22.5. The molecule has 0 saturated heterocycles. The number of carbonyl (C=O) groups is 2. The first kappa shape index (κ1) is 10.6. The van der Waals surface area contributed by atoms with E-state index in [-0.39, 0.29) is 5.78 Å². The first-order valence-corrected chi connectivity index (χ1v) is 5.37. The topological polar surface area (TPSA) is 46.2 Å². The van der Waals surface area contributed by atoms with Crippen LogP contribution in [0.15, 0.2) is 30.0 Å². The van der Waals surface area contributed by atoms with Gasteiger partial charge in [-0.05, 0) is 17.6 Å². The van der Waals surface area contributed by atoms with E-state index in [0.29, 0.717) is 17.7 Å². The minimum Gasteiger partial charge on any atom is -0.325 e. The van der Waals surface area contributed by atoms with Crippen LogP contribution in [0, 0.1) is 0 Å². The number of fused-ring (bicyclic) bond motifs is 1. The average Bonchev–Trinajstić information content (AvgIpc) is 2.57. The molecule has 2 rings (SSSR count). The van der Waals surface area contributed by atoms with Crippen molar-refractivity contribution in [1.29, 1.82) is 0 Å². The summed E-state index contributed by atoms with van der Waals surface area (Å²) in [6.45, 7) is 2.05. The molecule has 3 heteroatoms. The summed E-state index contributed by atoms with van der Waals surface area (Å²) >= 11 is 0. The molecule has 0 aromatic heterocycles. The molecule has 0 radical (unpaired) electrons. The number of benzene rings is 1. The Bertz CT molecular complexity index is 475. The van der Waals surface area contributed by atoms with Crippen molar-refractivity contribution in [2.45, 2.75) is 19.8 Å². The predicted molar refractivity (Wildman–Crippen MR) is 61.8 cm³/mol. The van der Waals surface area contributed by atoms with E-state index < -0.39 is 0 Å². The summed E-state index contributed by atoms with van der Waals surface area (Å²) in [5.74, 6) is -0.0776. The van der Waals surface area contributed by atoms with Gasteiger partial charge in [-0.25, -0.2) is 0 Å². The zero-order valence-electron chi connectivity index (χ0n) is 9.12. The van der Waals surface area contributed by atoms with Crippen LogP contribution in [0.1, 0.15) is 35.7 Å². The molecule has 1 aliphatic carbocycles. The summed E-state index contributed by atoms with van der Waals surface area (Å²) in [5.41, 5.74) is 3.04. The fraction of sp³-hybridized carbons (Fsp3) is 0.231. The van der Waals surface area contributed by atoms with Gasteiger partial charge in [0.15, 0.2) is 0 Å². The van der Waals surface area contributed by atoms with Crippen molar-refractivity contribution in [2.24, 2.45) is 0 Å². The molecule has 0 fully saturated rings. The number of Topliss-reactive ketones (excluding diaryl/α,β-unsaturated/α-hetero) is 1. The fourth-order valence-corrected chi connectivity index (χ4v) is 2.07. The van der Waals surface area contributed by atoms with Crippen LogP contribution < -0.4 is 5.32 Å². The lowest BCUT2D eigenvalue weighted by Crippen LogP contribution is -2.16. The van der Waals surface area contributed by atoms with Gasteiger partial charge in [0.2, 0.25) is 12.2 Å². The van der Waals surface area contributed by atoms with Gasteiger partial charge in [-0.15, -0.1) is 0 Å². The zero-order valence-corrected chi connectivity index (χ0v) is 9.12. The Kier molecular flexibility index (Phi) is 2.86. The second-order valence-electron chi connectivity index (χ2n) is 3.74. The van der Waals surface area contributed by atoms with Crippen LogP contribution in [0.5, 0.6) is 0 Å². The van der Waals surface area contributed by atoms with Crippen LogP contribution in [0.3, 0.4) is 0 Å². The van der Waals surface area contributed by atoms with E-state index in [1.165, 1.54) is 0 Å². The van der Waals surface area contributed by atoms with Gasteiger partial charge in [-0.2, -0.15) is 0 Å². The van der Waals surface area contributed by atoms with Gasteiger partial charge < -0.3 is 5.32 Å². The maximum atomic E-state index is 12.0. The number of nitrogens with one attached hydrogen (secondary N) is 1. The summed E-state index contributed by atoms with van der Waals surface area (Å²) < 4.78 is 0. The van der Waals surface area contributed by atoms with Gasteiger partial charge >= 0.3 is 0 Å². The molecule has 0 spiro atoms. The fourth-order valence-electron chi connectivity index (χ4n) is 2.07. The molecule has 1 aliphatic rings. The summed E-state index contributed by atoms with van der Waals surface area (Å²) in [7, 11) is 0. The largest absolute Gasteiger partial charge is 0.325 e. The highest BCUT2D eigenvalue weighted by Crippen LogP contribution is 2.34. The van der Waals surface area contributed by atoms with Crippen LogP contribution in [-0.2, 0) is 4.79 Å². The smallest absolute Gasteiger partial charge is 0.211 e. The van der Waals surface area contributed by atoms with Gasteiger partial charge in [-0.1, -0.05) is 37.6 Å². The number of hydrogen-bond acceptors (Lipinski definition) is 2. The SMILES string of the molecule is CCCC1=C(NC=O)C(=O)c2ccccc21. The van der Waals surface area contributed by atoms with E-state index in [9.17, 15) is 9.59 Å². The summed E-state index contributed by atoms with van der Waals surface area (Å²) in [5, 5.41) is 2.53. The van der Waals surface area contributed by atoms with Crippen LogP contribution in [-0.4, -0.2) is 12.2 Å². The molecule has 3 nitrogen and oxygen atoms in total. The predicted octanol–water partition coefficient (Wildman–Crippen LogP) is 2.14. The van der Waals surface area contributed by atoms with E-state index in [4.69, 9.17) is 0 Å². The molecule has 82 valence electrons. The van der Waals surface area contributed by atoms with Crippen LogP contribution >= 0.6 is 0 Å². The minimum atomic E-state index is -0.0776. The molecule has 1 N–H and O–H groups in total. The van der Waals surface area contributed by atoms with Crippen molar-refractivity contribution < 1.29 is 9.59 Å². The summed E-state index contributed by atoms with van der Waals surface area (Å²) in [6.07, 6.45) is 2.31. The van der Waals surface area contributed by atoms with E-state index in [0.717, 1.165) is 24.0 Å². The van der Waals surface area contributed by atoms with Crippen molar-refractivity contribution in [2.75, 3.05) is 0 Å². The lowest BCUT2D eigenvalue weighted by molar-refractivity contribution is -0.108. The highest BCUT2D eigenvalue weighted by molar-refractivity contribution is 6.21. The number of carbonyl (C=O) groups excluding carboxylic acids is 2. The second kappa shape index (κ2) is 4.31. The number of allylic oxidation sites excluding steroid dienone is 2. The van der Waals surface area contributed by atoms with Gasteiger partial charge in [0.05, 0.1) is 5.70 Å². The molecule has 1 aromatic carbocycles. The molecule has 0 aliphatic heterocycles. The number of ketones is 1. The van der Waals surface area contributed by atoms with Crippen LogP contribution in [0.4, 0.5) is 0 Å². The zero-order chi connectivity index (χ0) is 11.5. The molecular weight excluding hydrogens is 202 g/mol. The molecular formula is C13H13NO2. The Balaban J connectivity index is 2.52. The third-order valence-electron chi connectivity index (χ3n) is 2.73. The maximum absolute atomic E-state index is 12.0. The first-order chi connectivity index (χ1) is 7.79. The third kappa shape index (κ3) is 1.54. The molecule has 0 unspecified atom stereocenters. The van der Waals surface area contributed by atoms with E-state index in [2.05, 4.69) is 12.2 Å². The molecule has 0 atom stereocenters. The molecule has 0 bridgehead atoms. The standard InChI is InChI=1S/C13H13NO2/c1-2-5-10-9-6-3-4-7-11(9)13(16)12(10)14-8-15/h3-4,6-8H,2,5H2,1H3,(H,14,15,16). The maximum Gasteiger partial charge on any atom is 0.211 e. The molecule has 1 amide bonds. The Morgan fingerprint density at radius 1 is 1.25 bits per heavy atom. The molecule has 0 saturated carbocycles. The van der Waals surface area contributed by atoms with Crippen LogP contribution in [0.2, 0.25) is 0 Å². The Hall–Kier alpha value is -1.90. The third-order valence-corrected chi connectivity index (χ3v) is 2.73. The number of hydrogen-bond donors (Lipinski definition) is 1. The molecule has 16 heavy (non-hydrogen) atoms. The van der Waals surface area contributed by atoms with Gasteiger partial charge in [-0.3, -0.25) is 9.59 Å². The lowest BCUT2D eigenvalue weighted by atomic mass is 10.0. The van der Waals surface area contributed by atoms with Gasteiger partial charge in [0.25, 0.3) is 0 Å². The molecule has 0 heterocycles. The minimum absolute atomic E-state index is 0.0776. The molecule has 1 aromatic rings. The van der Waals surface area contributed by atoms with Crippen molar-refractivity contribution >= 4 is 17.8 Å². The number of rotatable bonds is 4. The van der Waals surface area contributed by atoms with Crippen molar-refractivity contribution in [1.82, 2.24) is 5.32 Å². The Labute approximate surface area is 94.2 Å². The van der Waals surface area contributed by atoms with Crippen molar-refractivity contribution in [3.05, 3.63) is 41.1 Å². The van der Waals surface area contributed by atoms with Crippen LogP contribution in [0.25, 0.3) is 5.57 Å². The monoisotopic (exact) mass is 215 g/mol. The van der Waals surface area contributed by atoms with Gasteiger partial charge in [0, 0.05) is 5.56 Å². The quantitative estimate of drug-likeness (QED) is 0.782. The van der Waals surface area contributed by atoms with Crippen molar-refractivity contribution in [3.63, 3.8) is 0 Å². The highest BCUT2D eigenvalue weighted by atomic mass is 16.1. The second-order valence-corrected chi connectivity index (χ2v) is 3.74. The lowest BCUT2D eigenvalue weighted by Gasteiger charge is -2.04. The highest BCUT2D eigenvalue weighted by Gasteiger charge is 2.28. The Morgan fingerprint density at radius 2 is 1.94 bits per heavy atom. The summed E-state index contributed by atoms with van der Waals surface area (Å²) in [6, 6.07) is 7.47.